The molecule has 122 valence electrons. The second kappa shape index (κ2) is 6.87. The van der Waals surface area contributed by atoms with Crippen LogP contribution in [0.15, 0.2) is 53.9 Å². The Bertz CT molecular complexity index is 786. The maximum Gasteiger partial charge on any atom is 0.262 e. The smallest absolute Gasteiger partial charge is 0.262 e. The summed E-state index contributed by atoms with van der Waals surface area (Å²) in [5, 5.41) is 0. The Hall–Kier alpha value is -2.27. The van der Waals surface area contributed by atoms with Crippen LogP contribution in [-0.2, 0) is 10.0 Å². The van der Waals surface area contributed by atoms with E-state index in [0.717, 1.165) is 16.7 Å². The standard InChI is InChI=1S/C18H21NO3S/c1-5-10-22-17-8-6-16(7-9-17)19-23(20,21)18-14(3)11-13(2)12-15(18)4/h5-9,11-12,19H,1,10H2,2-4H3. The van der Waals surface area contributed by atoms with E-state index in [-0.39, 0.29) is 0 Å². The molecule has 0 aliphatic carbocycles. The Morgan fingerprint density at radius 1 is 1.09 bits per heavy atom. The molecule has 0 unspecified atom stereocenters. The molecule has 0 atom stereocenters. The molecule has 0 aromatic heterocycles. The van der Waals surface area contributed by atoms with Crippen LogP contribution < -0.4 is 9.46 Å². The van der Waals surface area contributed by atoms with Crippen LogP contribution in [0.2, 0.25) is 0 Å². The van der Waals surface area contributed by atoms with E-state index in [9.17, 15) is 8.42 Å². The lowest BCUT2D eigenvalue weighted by atomic mass is 10.1. The van der Waals surface area contributed by atoms with Crippen LogP contribution in [0.3, 0.4) is 0 Å². The van der Waals surface area contributed by atoms with Gasteiger partial charge < -0.3 is 4.74 Å². The highest BCUT2D eigenvalue weighted by Crippen LogP contribution is 2.25. The molecule has 0 saturated carbocycles. The van der Waals surface area contributed by atoms with Gasteiger partial charge in [-0.2, -0.15) is 0 Å². The number of rotatable bonds is 6. The predicted octanol–water partition coefficient (Wildman–Crippen LogP) is 3.98. The van der Waals surface area contributed by atoms with Gasteiger partial charge in [0.05, 0.1) is 4.90 Å². The topological polar surface area (TPSA) is 55.4 Å². The first kappa shape index (κ1) is 17.1. The van der Waals surface area contributed by atoms with Crippen LogP contribution >= 0.6 is 0 Å². The highest BCUT2D eigenvalue weighted by Gasteiger charge is 2.19. The Morgan fingerprint density at radius 3 is 2.17 bits per heavy atom. The zero-order chi connectivity index (χ0) is 17.0. The van der Waals surface area contributed by atoms with Crippen molar-refractivity contribution in [3.63, 3.8) is 0 Å². The van der Waals surface area contributed by atoms with Crippen molar-refractivity contribution in [3.05, 3.63) is 65.7 Å². The lowest BCUT2D eigenvalue weighted by molar-refractivity contribution is 0.363. The molecular weight excluding hydrogens is 310 g/mol. The van der Waals surface area contributed by atoms with E-state index >= 15 is 0 Å². The molecule has 0 aliphatic heterocycles. The van der Waals surface area contributed by atoms with E-state index in [1.165, 1.54) is 0 Å². The lowest BCUT2D eigenvalue weighted by Crippen LogP contribution is -2.15. The van der Waals surface area contributed by atoms with Gasteiger partial charge in [0.15, 0.2) is 0 Å². The molecule has 0 bridgehead atoms. The van der Waals surface area contributed by atoms with E-state index in [1.807, 2.05) is 19.1 Å². The molecule has 0 amide bonds. The van der Waals surface area contributed by atoms with Crippen LogP contribution in [0.4, 0.5) is 5.69 Å². The summed E-state index contributed by atoms with van der Waals surface area (Å²) in [7, 11) is -3.63. The zero-order valence-corrected chi connectivity index (χ0v) is 14.4. The monoisotopic (exact) mass is 331 g/mol. The molecular formula is C18H21NO3S. The summed E-state index contributed by atoms with van der Waals surface area (Å²) in [6, 6.07) is 10.5. The van der Waals surface area contributed by atoms with Gasteiger partial charge in [0.25, 0.3) is 10.0 Å². The number of sulfonamides is 1. The van der Waals surface area contributed by atoms with Crippen LogP contribution in [0, 0.1) is 20.8 Å². The summed E-state index contributed by atoms with van der Waals surface area (Å²) < 4.78 is 33.3. The Morgan fingerprint density at radius 2 is 1.65 bits per heavy atom. The molecule has 2 aromatic rings. The normalized spacial score (nSPS) is 11.1. The second-order valence-corrected chi connectivity index (χ2v) is 7.08. The van der Waals surface area contributed by atoms with Gasteiger partial charge >= 0.3 is 0 Å². The molecule has 5 heteroatoms. The molecule has 0 saturated heterocycles. The van der Waals surface area contributed by atoms with E-state index < -0.39 is 10.0 Å². The Balaban J connectivity index is 2.26. The van der Waals surface area contributed by atoms with Crippen molar-refractivity contribution in [1.82, 2.24) is 0 Å². The van der Waals surface area contributed by atoms with E-state index in [1.54, 1.807) is 44.2 Å². The third kappa shape index (κ3) is 4.13. The average molecular weight is 331 g/mol. The zero-order valence-electron chi connectivity index (χ0n) is 13.6. The van der Waals surface area contributed by atoms with Crippen molar-refractivity contribution in [2.24, 2.45) is 0 Å². The Labute approximate surface area is 137 Å². The minimum atomic E-state index is -3.63. The van der Waals surface area contributed by atoms with Crippen LogP contribution in [0.5, 0.6) is 5.75 Å². The minimum Gasteiger partial charge on any atom is -0.490 e. The fourth-order valence-electron chi connectivity index (χ4n) is 2.57. The first-order valence-corrected chi connectivity index (χ1v) is 8.76. The maximum atomic E-state index is 12.7. The number of hydrogen-bond acceptors (Lipinski definition) is 3. The first-order valence-electron chi connectivity index (χ1n) is 7.28. The average Bonchev–Trinajstić information content (AvgIpc) is 2.44. The molecule has 0 aliphatic rings. The molecule has 0 fully saturated rings. The number of aryl methyl sites for hydroxylation is 3. The van der Waals surface area contributed by atoms with Crippen molar-refractivity contribution in [3.8, 4) is 5.75 Å². The van der Waals surface area contributed by atoms with Crippen LogP contribution in [-0.4, -0.2) is 15.0 Å². The maximum absolute atomic E-state index is 12.7. The second-order valence-electron chi connectivity index (χ2n) is 5.46. The molecule has 4 nitrogen and oxygen atoms in total. The fourth-order valence-corrected chi connectivity index (χ4v) is 4.09. The Kier molecular flexibility index (Phi) is 5.11. The summed E-state index contributed by atoms with van der Waals surface area (Å²) in [4.78, 5) is 0.329. The van der Waals surface area contributed by atoms with Gasteiger partial charge in [0, 0.05) is 5.69 Å². The van der Waals surface area contributed by atoms with Crippen molar-refractivity contribution in [2.45, 2.75) is 25.7 Å². The van der Waals surface area contributed by atoms with Gasteiger partial charge in [0.2, 0.25) is 0 Å². The van der Waals surface area contributed by atoms with Gasteiger partial charge in [-0.25, -0.2) is 8.42 Å². The molecule has 2 aromatic carbocycles. The summed E-state index contributed by atoms with van der Waals surface area (Å²) in [6.07, 6.45) is 1.65. The van der Waals surface area contributed by atoms with Gasteiger partial charge in [-0.1, -0.05) is 30.4 Å². The van der Waals surface area contributed by atoms with Crippen molar-refractivity contribution in [1.29, 1.82) is 0 Å². The molecule has 0 heterocycles. The SMILES string of the molecule is C=CCOc1ccc(NS(=O)(=O)c2c(C)cc(C)cc2C)cc1. The summed E-state index contributed by atoms with van der Waals surface area (Å²) in [5.41, 5.74) is 3.01. The fraction of sp³-hybridized carbons (Fsp3) is 0.222. The number of hydrogen-bond donors (Lipinski definition) is 1. The van der Waals surface area contributed by atoms with Crippen LogP contribution in [0.1, 0.15) is 16.7 Å². The molecule has 2 rings (SSSR count). The first-order chi connectivity index (χ1) is 10.8. The number of ether oxygens (including phenoxy) is 1. The highest BCUT2D eigenvalue weighted by atomic mass is 32.2. The number of anilines is 1. The quantitative estimate of drug-likeness (QED) is 0.815. The van der Waals surface area contributed by atoms with Gasteiger partial charge in [-0.05, 0) is 56.2 Å². The minimum absolute atomic E-state index is 0.329. The largest absolute Gasteiger partial charge is 0.490 e. The highest BCUT2D eigenvalue weighted by molar-refractivity contribution is 7.92. The summed E-state index contributed by atoms with van der Waals surface area (Å²) >= 11 is 0. The van der Waals surface area contributed by atoms with Crippen molar-refractivity contribution < 1.29 is 13.2 Å². The molecule has 23 heavy (non-hydrogen) atoms. The summed E-state index contributed by atoms with van der Waals surface area (Å²) in [6.45, 7) is 9.55. The third-order valence-corrected chi connectivity index (χ3v) is 5.03. The van der Waals surface area contributed by atoms with Gasteiger partial charge in [-0.3, -0.25) is 4.72 Å². The van der Waals surface area contributed by atoms with E-state index in [2.05, 4.69) is 11.3 Å². The van der Waals surface area contributed by atoms with Crippen molar-refractivity contribution in [2.75, 3.05) is 11.3 Å². The molecule has 1 N–H and O–H groups in total. The third-order valence-electron chi connectivity index (χ3n) is 3.35. The number of nitrogens with one attached hydrogen (secondary N) is 1. The molecule has 0 radical (unpaired) electrons. The van der Waals surface area contributed by atoms with Crippen LogP contribution in [0.25, 0.3) is 0 Å². The lowest BCUT2D eigenvalue weighted by Gasteiger charge is -2.14. The van der Waals surface area contributed by atoms with Gasteiger partial charge in [-0.15, -0.1) is 0 Å². The van der Waals surface area contributed by atoms with Crippen molar-refractivity contribution >= 4 is 15.7 Å². The predicted molar refractivity (Wildman–Crippen MR) is 93.6 cm³/mol. The van der Waals surface area contributed by atoms with E-state index in [4.69, 9.17) is 4.74 Å². The number of benzene rings is 2. The van der Waals surface area contributed by atoms with E-state index in [0.29, 0.717) is 22.9 Å². The van der Waals surface area contributed by atoms with Gasteiger partial charge in [0.1, 0.15) is 12.4 Å². The molecule has 0 spiro atoms. The summed E-state index contributed by atoms with van der Waals surface area (Å²) in [5.74, 6) is 0.663.